The van der Waals surface area contributed by atoms with Crippen LogP contribution in [0.3, 0.4) is 0 Å². The van der Waals surface area contributed by atoms with Crippen molar-refractivity contribution in [2.75, 3.05) is 31.5 Å². The number of aromatic nitrogens is 1. The topological polar surface area (TPSA) is 105 Å². The zero-order valence-corrected chi connectivity index (χ0v) is 22.5. The van der Waals surface area contributed by atoms with Crippen molar-refractivity contribution in [3.8, 4) is 17.2 Å². The first-order valence-electron chi connectivity index (χ1n) is 13.9. The molecule has 1 aromatic heterocycles. The number of carbonyl (C=O) groups is 2. The van der Waals surface area contributed by atoms with Gasteiger partial charge in [-0.25, -0.2) is 4.98 Å². The molecular formula is C30H28F3N5O4. The van der Waals surface area contributed by atoms with Gasteiger partial charge in [-0.2, -0.15) is 13.2 Å². The minimum absolute atomic E-state index is 0.0387. The maximum absolute atomic E-state index is 14.0. The molecule has 12 heteroatoms. The normalized spacial score (nSPS) is 22.7. The molecule has 42 heavy (non-hydrogen) atoms. The number of hydrogen-bond donors (Lipinski definition) is 3. The standard InChI is InChI=1S/C30H28F3N5O4/c31-30(32,33)21-13-16(1-2-17(21)15-38-11-9-34-10-12-38)29(40)37-26-25-20-14-18(3-5-22(20)42-27(25)26)41-23-7-8-35-28-19(23)4-6-24(39)36-28/h1-3,5,7-8,13-14,25-27,34H,4,6,9-12,15H2,(H,37,40)(H,35,36,39)/t25-,26+,27-/m0/s1. The molecule has 2 fully saturated rings. The average Bonchev–Trinajstić information content (AvgIpc) is 3.49. The highest BCUT2D eigenvalue weighted by Gasteiger charge is 2.59. The quantitative estimate of drug-likeness (QED) is 0.408. The number of pyridine rings is 1. The number of piperazine rings is 1. The first kappa shape index (κ1) is 26.7. The SMILES string of the molecule is O=C1CCc2c(Oc3ccc4c(c3)[C@H]3[C@@H](NC(=O)c5ccc(CN6CCNCC6)c(C(F)(F)F)c5)[C@H]3O4)ccnc2N1. The molecule has 1 saturated heterocycles. The highest BCUT2D eigenvalue weighted by atomic mass is 19.4. The van der Waals surface area contributed by atoms with Gasteiger partial charge in [-0.3, -0.25) is 14.5 Å². The number of carbonyl (C=O) groups excluding carboxylic acids is 2. The second kappa shape index (κ2) is 10.3. The fourth-order valence-corrected chi connectivity index (χ4v) is 6.02. The lowest BCUT2D eigenvalue weighted by Gasteiger charge is -2.28. The van der Waals surface area contributed by atoms with Crippen LogP contribution >= 0.6 is 0 Å². The third kappa shape index (κ3) is 5.05. The summed E-state index contributed by atoms with van der Waals surface area (Å²) in [6, 6.07) is 10.6. The van der Waals surface area contributed by atoms with E-state index in [4.69, 9.17) is 9.47 Å². The van der Waals surface area contributed by atoms with Crippen LogP contribution in [0.5, 0.6) is 17.2 Å². The second-order valence-electron chi connectivity index (χ2n) is 11.0. The molecular weight excluding hydrogens is 551 g/mol. The van der Waals surface area contributed by atoms with Gasteiger partial charge in [-0.1, -0.05) is 6.07 Å². The molecule has 4 aliphatic rings. The Bertz CT molecular complexity index is 1570. The largest absolute Gasteiger partial charge is 0.487 e. The lowest BCUT2D eigenvalue weighted by molar-refractivity contribution is -0.138. The third-order valence-corrected chi connectivity index (χ3v) is 8.24. The zero-order valence-electron chi connectivity index (χ0n) is 22.5. The Labute approximate surface area is 239 Å². The predicted molar refractivity (Wildman–Crippen MR) is 146 cm³/mol. The number of ether oxygens (including phenoxy) is 2. The molecule has 0 spiro atoms. The summed E-state index contributed by atoms with van der Waals surface area (Å²) in [5.41, 5.74) is 1.02. The van der Waals surface area contributed by atoms with E-state index in [-0.39, 0.29) is 41.6 Å². The number of anilines is 1. The maximum Gasteiger partial charge on any atom is 0.416 e. The van der Waals surface area contributed by atoms with Gasteiger partial charge in [0.2, 0.25) is 5.91 Å². The minimum Gasteiger partial charge on any atom is -0.487 e. The van der Waals surface area contributed by atoms with Gasteiger partial charge in [0.05, 0.1) is 17.5 Å². The van der Waals surface area contributed by atoms with E-state index in [9.17, 15) is 22.8 Å². The van der Waals surface area contributed by atoms with E-state index >= 15 is 0 Å². The molecule has 218 valence electrons. The summed E-state index contributed by atoms with van der Waals surface area (Å²) in [4.78, 5) is 31.0. The first-order valence-corrected chi connectivity index (χ1v) is 13.9. The van der Waals surface area contributed by atoms with Gasteiger partial charge in [-0.05, 0) is 48.4 Å². The maximum atomic E-state index is 14.0. The van der Waals surface area contributed by atoms with Crippen molar-refractivity contribution in [3.05, 3.63) is 76.5 Å². The summed E-state index contributed by atoms with van der Waals surface area (Å²) >= 11 is 0. The number of benzene rings is 2. The summed E-state index contributed by atoms with van der Waals surface area (Å²) in [6.07, 6.45) is -2.43. The number of nitrogens with zero attached hydrogens (tertiary/aromatic N) is 2. The van der Waals surface area contributed by atoms with Crippen LogP contribution in [0.2, 0.25) is 0 Å². The van der Waals surface area contributed by atoms with Crippen LogP contribution in [0.15, 0.2) is 48.7 Å². The lowest BCUT2D eigenvalue weighted by Crippen LogP contribution is -2.43. The van der Waals surface area contributed by atoms with Gasteiger partial charge in [-0.15, -0.1) is 0 Å². The van der Waals surface area contributed by atoms with Crippen molar-refractivity contribution in [1.82, 2.24) is 20.5 Å². The van der Waals surface area contributed by atoms with Gasteiger partial charge < -0.3 is 25.4 Å². The lowest BCUT2D eigenvalue weighted by atomic mass is 10.0. The number of nitrogens with one attached hydrogen (secondary N) is 3. The molecule has 7 rings (SSSR count). The molecule has 3 atom stereocenters. The smallest absolute Gasteiger partial charge is 0.416 e. The number of halogens is 3. The fraction of sp³-hybridized carbons (Fsp3) is 0.367. The van der Waals surface area contributed by atoms with E-state index in [2.05, 4.69) is 20.9 Å². The number of amides is 2. The predicted octanol–water partition coefficient (Wildman–Crippen LogP) is 3.84. The Morgan fingerprint density at radius 3 is 2.76 bits per heavy atom. The van der Waals surface area contributed by atoms with Crippen molar-refractivity contribution < 1.29 is 32.2 Å². The molecule has 2 amide bonds. The Balaban J connectivity index is 1.05. The molecule has 1 aliphatic carbocycles. The number of alkyl halides is 3. The molecule has 4 heterocycles. The first-order chi connectivity index (χ1) is 20.2. The monoisotopic (exact) mass is 579 g/mol. The number of rotatable bonds is 6. The fourth-order valence-electron chi connectivity index (χ4n) is 6.02. The number of hydrogen-bond acceptors (Lipinski definition) is 7. The highest BCUT2D eigenvalue weighted by Crippen LogP contribution is 2.54. The molecule has 1 saturated carbocycles. The van der Waals surface area contributed by atoms with E-state index in [1.54, 1.807) is 24.4 Å². The molecule has 3 N–H and O–H groups in total. The molecule has 2 aromatic carbocycles. The van der Waals surface area contributed by atoms with Crippen LogP contribution in [0.1, 0.15) is 45.0 Å². The second-order valence-corrected chi connectivity index (χ2v) is 11.0. The summed E-state index contributed by atoms with van der Waals surface area (Å²) in [7, 11) is 0. The molecule has 3 aromatic rings. The van der Waals surface area contributed by atoms with Gasteiger partial charge >= 0.3 is 6.18 Å². The molecule has 0 radical (unpaired) electrons. The molecule has 3 aliphatic heterocycles. The van der Waals surface area contributed by atoms with Crippen LogP contribution in [0.4, 0.5) is 19.0 Å². The minimum atomic E-state index is -4.58. The van der Waals surface area contributed by atoms with Gasteiger partial charge in [0.25, 0.3) is 5.91 Å². The van der Waals surface area contributed by atoms with Crippen LogP contribution in [-0.4, -0.2) is 60.0 Å². The van der Waals surface area contributed by atoms with E-state index in [1.165, 1.54) is 12.1 Å². The summed E-state index contributed by atoms with van der Waals surface area (Å²) in [5.74, 6) is 1.54. The molecule has 9 nitrogen and oxygen atoms in total. The highest BCUT2D eigenvalue weighted by molar-refractivity contribution is 5.95. The van der Waals surface area contributed by atoms with Crippen molar-refractivity contribution in [3.63, 3.8) is 0 Å². The van der Waals surface area contributed by atoms with Crippen LogP contribution < -0.4 is 25.4 Å². The van der Waals surface area contributed by atoms with E-state index in [0.29, 0.717) is 49.0 Å². The van der Waals surface area contributed by atoms with Crippen molar-refractivity contribution in [2.45, 2.75) is 43.6 Å². The number of fused-ring (bicyclic) bond motifs is 4. The zero-order chi connectivity index (χ0) is 29.0. The van der Waals surface area contributed by atoms with Gasteiger partial charge in [0.15, 0.2) is 0 Å². The van der Waals surface area contributed by atoms with Gasteiger partial charge in [0, 0.05) is 62.0 Å². The van der Waals surface area contributed by atoms with E-state index < -0.39 is 17.6 Å². The van der Waals surface area contributed by atoms with Crippen molar-refractivity contribution >= 4 is 17.6 Å². The summed E-state index contributed by atoms with van der Waals surface area (Å²) in [6.45, 7) is 2.98. The Hall–Kier alpha value is -4.16. The van der Waals surface area contributed by atoms with E-state index in [1.807, 2.05) is 11.0 Å². The van der Waals surface area contributed by atoms with Crippen LogP contribution in [-0.2, 0) is 23.9 Å². The Morgan fingerprint density at radius 2 is 1.95 bits per heavy atom. The van der Waals surface area contributed by atoms with Crippen molar-refractivity contribution in [1.29, 1.82) is 0 Å². The third-order valence-electron chi connectivity index (χ3n) is 8.24. The van der Waals surface area contributed by atoms with Crippen LogP contribution in [0, 0.1) is 0 Å². The Kier molecular flexibility index (Phi) is 6.54. The van der Waals surface area contributed by atoms with E-state index in [0.717, 1.165) is 30.3 Å². The summed E-state index contributed by atoms with van der Waals surface area (Å²) < 4.78 is 54.0. The molecule has 0 unspecified atom stereocenters. The summed E-state index contributed by atoms with van der Waals surface area (Å²) in [5, 5.41) is 8.82. The average molecular weight is 580 g/mol. The van der Waals surface area contributed by atoms with Gasteiger partial charge in [0.1, 0.15) is 29.2 Å². The van der Waals surface area contributed by atoms with Crippen LogP contribution in [0.25, 0.3) is 0 Å². The Morgan fingerprint density at radius 1 is 1.12 bits per heavy atom. The molecule has 0 bridgehead atoms. The van der Waals surface area contributed by atoms with Crippen molar-refractivity contribution in [2.24, 2.45) is 0 Å².